The lowest BCUT2D eigenvalue weighted by Crippen LogP contribution is -2.07. The maximum Gasteiger partial charge on any atom is 0.236 e. The molecule has 0 aliphatic heterocycles. The lowest BCUT2D eigenvalue weighted by Gasteiger charge is -2.00. The summed E-state index contributed by atoms with van der Waals surface area (Å²) in [6, 6.07) is 5.16. The second kappa shape index (κ2) is 3.64. The third-order valence-electron chi connectivity index (χ3n) is 2.04. The highest BCUT2D eigenvalue weighted by molar-refractivity contribution is 14.1. The second-order valence-corrected chi connectivity index (χ2v) is 6.66. The highest BCUT2D eigenvalue weighted by Gasteiger charge is 2.13. The van der Waals surface area contributed by atoms with E-state index in [-0.39, 0.29) is 0 Å². The van der Waals surface area contributed by atoms with Crippen molar-refractivity contribution in [2.45, 2.75) is 0 Å². The Kier molecular flexibility index (Phi) is 2.72. The minimum Gasteiger partial charge on any atom is -0.244 e. The van der Waals surface area contributed by atoms with Crippen molar-refractivity contribution in [3.63, 3.8) is 0 Å². The van der Waals surface area contributed by atoms with E-state index in [1.165, 1.54) is 10.2 Å². The Balaban J connectivity index is 2.92. The first kappa shape index (κ1) is 11.2. The lowest BCUT2D eigenvalue weighted by atomic mass is 10.2. The van der Waals surface area contributed by atoms with Gasteiger partial charge in [-0.3, -0.25) is 0 Å². The van der Waals surface area contributed by atoms with Gasteiger partial charge in [-0.15, -0.1) is 0 Å². The Morgan fingerprint density at radius 2 is 2.07 bits per heavy atom. The number of rotatable bonds is 1. The van der Waals surface area contributed by atoms with Crippen LogP contribution >= 0.6 is 34.2 Å². The number of fused-ring (bicyclic) bond motifs is 1. The molecule has 0 unspecified atom stereocenters. The first-order valence-corrected chi connectivity index (χ1v) is 7.37. The quantitative estimate of drug-likeness (QED) is 0.738. The molecule has 0 aliphatic carbocycles. The van der Waals surface area contributed by atoms with Gasteiger partial charge in [-0.2, -0.15) is 0 Å². The van der Waals surface area contributed by atoms with Crippen LogP contribution in [0.15, 0.2) is 24.4 Å². The van der Waals surface area contributed by atoms with Gasteiger partial charge in [-0.05, 0) is 40.8 Å². The van der Waals surface area contributed by atoms with Crippen LogP contribution in [0, 0.1) is 3.57 Å². The van der Waals surface area contributed by atoms with Crippen molar-refractivity contribution in [2.75, 3.05) is 6.26 Å². The molecule has 0 bridgehead atoms. The van der Waals surface area contributed by atoms with Gasteiger partial charge in [0.25, 0.3) is 0 Å². The van der Waals surface area contributed by atoms with Crippen LogP contribution < -0.4 is 0 Å². The number of hydrogen-bond acceptors (Lipinski definition) is 2. The molecule has 0 radical (unpaired) electrons. The number of benzene rings is 1. The molecule has 6 heteroatoms. The second-order valence-electron chi connectivity index (χ2n) is 3.20. The molecule has 0 amide bonds. The minimum absolute atomic E-state index is 0.603. The van der Waals surface area contributed by atoms with Crippen LogP contribution in [0.5, 0.6) is 0 Å². The van der Waals surface area contributed by atoms with Gasteiger partial charge in [-0.25, -0.2) is 12.4 Å². The molecule has 80 valence electrons. The predicted molar refractivity (Wildman–Crippen MR) is 69.9 cm³/mol. The molecular weight excluding hydrogens is 349 g/mol. The largest absolute Gasteiger partial charge is 0.244 e. The molecule has 3 nitrogen and oxygen atoms in total. The molecule has 2 aromatic rings. The number of hydrogen-bond donors (Lipinski definition) is 0. The van der Waals surface area contributed by atoms with Crippen molar-refractivity contribution in [1.29, 1.82) is 0 Å². The van der Waals surface area contributed by atoms with Gasteiger partial charge in [0.1, 0.15) is 0 Å². The number of nitrogens with zero attached hydrogens (tertiary/aromatic N) is 1. The summed E-state index contributed by atoms with van der Waals surface area (Å²) in [6.07, 6.45) is 2.77. The summed E-state index contributed by atoms with van der Waals surface area (Å²) in [4.78, 5) is 0. The number of halogens is 2. The van der Waals surface area contributed by atoms with Gasteiger partial charge in [0.15, 0.2) is 0 Å². The zero-order valence-corrected chi connectivity index (χ0v) is 11.5. The van der Waals surface area contributed by atoms with Crippen LogP contribution in [0.4, 0.5) is 0 Å². The van der Waals surface area contributed by atoms with E-state index in [9.17, 15) is 8.42 Å². The fourth-order valence-electron chi connectivity index (χ4n) is 1.41. The summed E-state index contributed by atoms with van der Waals surface area (Å²) in [7, 11) is -3.25. The third-order valence-corrected chi connectivity index (χ3v) is 4.15. The van der Waals surface area contributed by atoms with E-state index in [4.69, 9.17) is 11.6 Å². The third kappa shape index (κ3) is 2.00. The van der Waals surface area contributed by atoms with Crippen LogP contribution in [-0.2, 0) is 10.0 Å². The zero-order chi connectivity index (χ0) is 11.2. The molecule has 1 aromatic heterocycles. The zero-order valence-electron chi connectivity index (χ0n) is 7.74. The van der Waals surface area contributed by atoms with Gasteiger partial charge in [0.2, 0.25) is 10.0 Å². The van der Waals surface area contributed by atoms with Crippen LogP contribution in [0.2, 0.25) is 5.02 Å². The standard InChI is InChI=1S/C9H7ClINO2S/c1-15(13,14)12-5-8(11)7-4-6(10)2-3-9(7)12/h2-5H,1H3. The highest BCUT2D eigenvalue weighted by Crippen LogP contribution is 2.26. The molecular formula is C9H7ClINO2S. The van der Waals surface area contributed by atoms with Crippen molar-refractivity contribution in [3.8, 4) is 0 Å². The highest BCUT2D eigenvalue weighted by atomic mass is 127. The normalized spacial score (nSPS) is 12.2. The molecule has 0 saturated carbocycles. The van der Waals surface area contributed by atoms with Crippen molar-refractivity contribution in [3.05, 3.63) is 33.0 Å². The maximum atomic E-state index is 11.5. The van der Waals surface area contributed by atoms with Crippen molar-refractivity contribution in [1.82, 2.24) is 3.97 Å². The van der Waals surface area contributed by atoms with E-state index in [0.717, 1.165) is 8.96 Å². The Hall–Kier alpha value is -0.270. The lowest BCUT2D eigenvalue weighted by molar-refractivity contribution is 0.595. The van der Waals surface area contributed by atoms with E-state index in [2.05, 4.69) is 22.6 Å². The average Bonchev–Trinajstić information content (AvgIpc) is 2.43. The van der Waals surface area contributed by atoms with E-state index in [0.29, 0.717) is 10.5 Å². The van der Waals surface area contributed by atoms with Gasteiger partial charge in [0, 0.05) is 20.2 Å². The van der Waals surface area contributed by atoms with Crippen LogP contribution in [0.1, 0.15) is 0 Å². The molecule has 0 atom stereocenters. The fraction of sp³-hybridized carbons (Fsp3) is 0.111. The summed E-state index contributed by atoms with van der Waals surface area (Å²) in [6.45, 7) is 0. The molecule has 2 rings (SSSR count). The van der Waals surface area contributed by atoms with E-state index >= 15 is 0 Å². The molecule has 0 aliphatic rings. The van der Waals surface area contributed by atoms with Crippen molar-refractivity contribution >= 4 is 55.1 Å². The van der Waals surface area contributed by atoms with Gasteiger partial charge < -0.3 is 0 Å². The summed E-state index contributed by atoms with van der Waals surface area (Å²) in [5.41, 5.74) is 0.659. The average molecular weight is 356 g/mol. The van der Waals surface area contributed by atoms with Gasteiger partial charge >= 0.3 is 0 Å². The van der Waals surface area contributed by atoms with Gasteiger partial charge in [-0.1, -0.05) is 11.6 Å². The fourth-order valence-corrected chi connectivity index (χ4v) is 3.29. The Morgan fingerprint density at radius 1 is 1.40 bits per heavy atom. The molecule has 1 heterocycles. The van der Waals surface area contributed by atoms with E-state index in [1.54, 1.807) is 24.4 Å². The summed E-state index contributed by atoms with van der Waals surface area (Å²) >= 11 is 7.94. The first-order valence-electron chi connectivity index (χ1n) is 4.06. The van der Waals surface area contributed by atoms with Crippen LogP contribution in [0.25, 0.3) is 10.9 Å². The maximum absolute atomic E-state index is 11.5. The molecule has 0 saturated heterocycles. The van der Waals surface area contributed by atoms with Crippen LogP contribution in [0.3, 0.4) is 0 Å². The molecule has 15 heavy (non-hydrogen) atoms. The van der Waals surface area contributed by atoms with Crippen molar-refractivity contribution < 1.29 is 8.42 Å². The van der Waals surface area contributed by atoms with E-state index < -0.39 is 10.0 Å². The van der Waals surface area contributed by atoms with Gasteiger partial charge in [0.05, 0.1) is 11.8 Å². The molecule has 0 fully saturated rings. The Morgan fingerprint density at radius 3 is 2.67 bits per heavy atom. The minimum atomic E-state index is -3.25. The summed E-state index contributed by atoms with van der Waals surface area (Å²) in [5.74, 6) is 0. The van der Waals surface area contributed by atoms with E-state index in [1.807, 2.05) is 0 Å². The monoisotopic (exact) mass is 355 g/mol. The molecule has 0 spiro atoms. The SMILES string of the molecule is CS(=O)(=O)n1cc(I)c2cc(Cl)ccc21. The molecule has 0 N–H and O–H groups in total. The smallest absolute Gasteiger partial charge is 0.236 e. The topological polar surface area (TPSA) is 39.1 Å². The predicted octanol–water partition coefficient (Wildman–Crippen LogP) is 2.71. The Labute approximate surface area is 106 Å². The molecule has 1 aromatic carbocycles. The van der Waals surface area contributed by atoms with Crippen molar-refractivity contribution in [2.24, 2.45) is 0 Å². The summed E-state index contributed by atoms with van der Waals surface area (Å²) in [5, 5.41) is 1.46. The first-order chi connectivity index (χ1) is 6.89. The van der Waals surface area contributed by atoms with Crippen LogP contribution in [-0.4, -0.2) is 18.6 Å². The summed E-state index contributed by atoms with van der Waals surface area (Å²) < 4.78 is 25.1. The number of aromatic nitrogens is 1. The Bertz CT molecular complexity index is 633.